The van der Waals surface area contributed by atoms with Crippen LogP contribution in [0.1, 0.15) is 36.2 Å². The predicted octanol–water partition coefficient (Wildman–Crippen LogP) is 3.56. The topological polar surface area (TPSA) is 56.3 Å². The highest BCUT2D eigenvalue weighted by atomic mass is 16.5. The molecule has 0 radical (unpaired) electrons. The molecule has 0 amide bonds. The molecule has 0 N–H and O–H groups in total. The van der Waals surface area contributed by atoms with E-state index in [0.717, 1.165) is 61.3 Å². The molecule has 0 bridgehead atoms. The number of hydrogen-bond donors (Lipinski definition) is 0. The van der Waals surface area contributed by atoms with E-state index in [2.05, 4.69) is 10.00 Å². The van der Waals surface area contributed by atoms with E-state index >= 15 is 0 Å². The molecular formula is C20H24N4O2. The first-order valence-electron chi connectivity index (χ1n) is 9.05. The molecule has 0 spiro atoms. The van der Waals surface area contributed by atoms with Gasteiger partial charge in [0.1, 0.15) is 23.2 Å². The van der Waals surface area contributed by atoms with Crippen molar-refractivity contribution in [3.8, 4) is 11.4 Å². The van der Waals surface area contributed by atoms with Crippen LogP contribution in [-0.4, -0.2) is 39.9 Å². The number of likely N-dealkylation sites (tertiary alicyclic amines) is 1. The molecule has 3 aromatic rings. The lowest BCUT2D eigenvalue weighted by Gasteiger charge is -2.31. The van der Waals surface area contributed by atoms with Crippen molar-refractivity contribution in [2.45, 2.75) is 32.2 Å². The summed E-state index contributed by atoms with van der Waals surface area (Å²) in [5.74, 6) is 4.06. The molecule has 6 nitrogen and oxygen atoms in total. The average Bonchev–Trinajstić information content (AvgIpc) is 3.31. The second kappa shape index (κ2) is 7.33. The van der Waals surface area contributed by atoms with Gasteiger partial charge in [-0.05, 0) is 62.7 Å². The number of nitrogens with zero attached hydrogens (tertiary/aromatic N) is 4. The summed E-state index contributed by atoms with van der Waals surface area (Å²) in [6.07, 6.45) is 4.02. The van der Waals surface area contributed by atoms with Gasteiger partial charge in [-0.15, -0.1) is 0 Å². The van der Waals surface area contributed by atoms with Crippen molar-refractivity contribution in [2.24, 2.45) is 0 Å². The zero-order valence-corrected chi connectivity index (χ0v) is 15.3. The van der Waals surface area contributed by atoms with E-state index in [1.165, 1.54) is 0 Å². The van der Waals surface area contributed by atoms with Gasteiger partial charge in [-0.3, -0.25) is 4.90 Å². The number of piperidine rings is 1. The van der Waals surface area contributed by atoms with Crippen LogP contribution in [0.2, 0.25) is 0 Å². The van der Waals surface area contributed by atoms with Crippen LogP contribution in [0.3, 0.4) is 0 Å². The Hall–Kier alpha value is -2.60. The van der Waals surface area contributed by atoms with Gasteiger partial charge in [0.2, 0.25) is 0 Å². The Bertz CT molecular complexity index is 839. The van der Waals surface area contributed by atoms with E-state index in [4.69, 9.17) is 14.1 Å². The van der Waals surface area contributed by atoms with Gasteiger partial charge in [-0.25, -0.2) is 9.67 Å². The standard InChI is InChI=1S/C20H24N4O2/c1-15-21-20(24(22-15)17-7-9-18(25-2)10-8-17)16-5-3-11-23(13-16)14-19-6-4-12-26-19/h4,6-10,12,16H,3,5,11,13-14H2,1-2H3. The fraction of sp³-hybridized carbons (Fsp3) is 0.400. The Kier molecular flexibility index (Phi) is 4.75. The van der Waals surface area contributed by atoms with Gasteiger partial charge < -0.3 is 9.15 Å². The monoisotopic (exact) mass is 352 g/mol. The molecule has 1 aliphatic rings. The second-order valence-corrected chi connectivity index (χ2v) is 6.78. The minimum atomic E-state index is 0.363. The van der Waals surface area contributed by atoms with Gasteiger partial charge in [0.25, 0.3) is 0 Å². The maximum atomic E-state index is 5.51. The van der Waals surface area contributed by atoms with Gasteiger partial charge in [0.05, 0.1) is 25.6 Å². The molecule has 1 aromatic carbocycles. The molecule has 4 rings (SSSR count). The largest absolute Gasteiger partial charge is 0.497 e. The number of hydrogen-bond acceptors (Lipinski definition) is 5. The molecule has 1 aliphatic heterocycles. The van der Waals surface area contributed by atoms with Crippen molar-refractivity contribution >= 4 is 0 Å². The smallest absolute Gasteiger partial charge is 0.148 e. The quantitative estimate of drug-likeness (QED) is 0.703. The minimum Gasteiger partial charge on any atom is -0.497 e. The highest BCUT2D eigenvalue weighted by Gasteiger charge is 2.26. The molecular weight excluding hydrogens is 328 g/mol. The molecule has 1 unspecified atom stereocenters. The van der Waals surface area contributed by atoms with Crippen molar-refractivity contribution in [3.05, 3.63) is 60.1 Å². The molecule has 0 saturated carbocycles. The zero-order valence-electron chi connectivity index (χ0n) is 15.3. The number of rotatable bonds is 5. The van der Waals surface area contributed by atoms with Gasteiger partial charge in [-0.1, -0.05) is 0 Å². The third-order valence-electron chi connectivity index (χ3n) is 4.89. The van der Waals surface area contributed by atoms with Crippen LogP contribution in [0.4, 0.5) is 0 Å². The minimum absolute atomic E-state index is 0.363. The fourth-order valence-electron chi connectivity index (χ4n) is 3.64. The molecule has 26 heavy (non-hydrogen) atoms. The highest BCUT2D eigenvalue weighted by Crippen LogP contribution is 2.28. The van der Waals surface area contributed by atoms with Crippen LogP contribution in [0.25, 0.3) is 5.69 Å². The molecule has 6 heteroatoms. The van der Waals surface area contributed by atoms with Gasteiger partial charge in [0, 0.05) is 12.5 Å². The lowest BCUT2D eigenvalue weighted by molar-refractivity contribution is 0.182. The fourth-order valence-corrected chi connectivity index (χ4v) is 3.64. The Morgan fingerprint density at radius 2 is 2.08 bits per heavy atom. The third-order valence-corrected chi connectivity index (χ3v) is 4.89. The summed E-state index contributed by atoms with van der Waals surface area (Å²) in [7, 11) is 1.68. The van der Waals surface area contributed by atoms with E-state index in [0.29, 0.717) is 5.92 Å². The first-order valence-corrected chi connectivity index (χ1v) is 9.05. The Labute approximate surface area is 153 Å². The SMILES string of the molecule is COc1ccc(-n2nc(C)nc2C2CCCN(Cc3ccco3)C2)cc1. The van der Waals surface area contributed by atoms with Crippen LogP contribution < -0.4 is 4.74 Å². The van der Waals surface area contributed by atoms with E-state index in [9.17, 15) is 0 Å². The maximum Gasteiger partial charge on any atom is 0.148 e. The van der Waals surface area contributed by atoms with E-state index in [1.54, 1.807) is 13.4 Å². The number of methoxy groups -OCH3 is 1. The van der Waals surface area contributed by atoms with Gasteiger partial charge >= 0.3 is 0 Å². The highest BCUT2D eigenvalue weighted by molar-refractivity contribution is 5.37. The zero-order chi connectivity index (χ0) is 17.9. The first-order chi connectivity index (χ1) is 12.7. The number of aryl methyl sites for hydroxylation is 1. The van der Waals surface area contributed by atoms with Gasteiger partial charge in [0.15, 0.2) is 0 Å². The summed E-state index contributed by atoms with van der Waals surface area (Å²) < 4.78 is 12.8. The van der Waals surface area contributed by atoms with Crippen LogP contribution in [0.15, 0.2) is 47.1 Å². The van der Waals surface area contributed by atoms with E-state index in [-0.39, 0.29) is 0 Å². The normalized spacial score (nSPS) is 18.2. The Morgan fingerprint density at radius 1 is 1.23 bits per heavy atom. The summed E-state index contributed by atoms with van der Waals surface area (Å²) in [5, 5.41) is 4.64. The number of ether oxygens (including phenoxy) is 1. The summed E-state index contributed by atoms with van der Waals surface area (Å²) in [6, 6.07) is 12.0. The maximum absolute atomic E-state index is 5.51. The molecule has 1 atom stereocenters. The third kappa shape index (κ3) is 3.51. The molecule has 3 heterocycles. The number of furan rings is 1. The van der Waals surface area contributed by atoms with Crippen LogP contribution in [0.5, 0.6) is 5.75 Å². The van der Waals surface area contributed by atoms with Crippen LogP contribution in [-0.2, 0) is 6.54 Å². The summed E-state index contributed by atoms with van der Waals surface area (Å²) in [4.78, 5) is 7.20. The van der Waals surface area contributed by atoms with Crippen LogP contribution >= 0.6 is 0 Å². The van der Waals surface area contributed by atoms with Gasteiger partial charge in [-0.2, -0.15) is 5.10 Å². The van der Waals surface area contributed by atoms with E-state index < -0.39 is 0 Å². The molecule has 136 valence electrons. The van der Waals surface area contributed by atoms with E-state index in [1.807, 2.05) is 48.0 Å². The Balaban J connectivity index is 1.56. The van der Waals surface area contributed by atoms with Crippen molar-refractivity contribution in [2.75, 3.05) is 20.2 Å². The first kappa shape index (κ1) is 16.8. The average molecular weight is 352 g/mol. The lowest BCUT2D eigenvalue weighted by atomic mass is 9.97. The van der Waals surface area contributed by atoms with Crippen LogP contribution in [0, 0.1) is 6.92 Å². The van der Waals surface area contributed by atoms with Crippen molar-refractivity contribution in [1.82, 2.24) is 19.7 Å². The molecule has 1 fully saturated rings. The van der Waals surface area contributed by atoms with Crippen molar-refractivity contribution in [3.63, 3.8) is 0 Å². The molecule has 0 aliphatic carbocycles. The summed E-state index contributed by atoms with van der Waals surface area (Å²) >= 11 is 0. The second-order valence-electron chi connectivity index (χ2n) is 6.78. The molecule has 1 saturated heterocycles. The number of aromatic nitrogens is 3. The summed E-state index contributed by atoms with van der Waals surface area (Å²) in [6.45, 7) is 4.86. The molecule has 2 aromatic heterocycles. The number of benzene rings is 1. The Morgan fingerprint density at radius 3 is 2.81 bits per heavy atom. The lowest BCUT2D eigenvalue weighted by Crippen LogP contribution is -2.34. The summed E-state index contributed by atoms with van der Waals surface area (Å²) in [5.41, 5.74) is 1.02. The predicted molar refractivity (Wildman–Crippen MR) is 98.6 cm³/mol. The van der Waals surface area contributed by atoms with Crippen molar-refractivity contribution in [1.29, 1.82) is 0 Å². The van der Waals surface area contributed by atoms with Crippen molar-refractivity contribution < 1.29 is 9.15 Å².